The number of fused-ring (bicyclic) bond motifs is 1. The van der Waals surface area contributed by atoms with E-state index in [1.54, 1.807) is 18.2 Å². The van der Waals surface area contributed by atoms with Gasteiger partial charge in [-0.1, -0.05) is 24.3 Å². The molecule has 0 aliphatic carbocycles. The van der Waals surface area contributed by atoms with Gasteiger partial charge in [0, 0.05) is 5.39 Å². The molecule has 104 valence electrons. The molecule has 0 unspecified atom stereocenters. The first kappa shape index (κ1) is 13.3. The van der Waals surface area contributed by atoms with E-state index in [9.17, 15) is 9.90 Å². The molecule has 0 saturated heterocycles. The normalized spacial score (nSPS) is 10.5. The molecule has 0 fully saturated rings. The molecule has 2 aromatic carbocycles. The third kappa shape index (κ3) is 2.64. The van der Waals surface area contributed by atoms with Gasteiger partial charge in [-0.2, -0.15) is 4.98 Å². The van der Waals surface area contributed by atoms with Crippen molar-refractivity contribution in [3.05, 3.63) is 59.4 Å². The maximum absolute atomic E-state index is 11.2. The smallest absolute Gasteiger partial charge is 0.337 e. The van der Waals surface area contributed by atoms with Crippen molar-refractivity contribution >= 4 is 40.0 Å². The predicted molar refractivity (Wildman–Crippen MR) is 81.2 cm³/mol. The van der Waals surface area contributed by atoms with Crippen LogP contribution in [0.3, 0.4) is 0 Å². The molecule has 1 heterocycles. The van der Waals surface area contributed by atoms with Crippen molar-refractivity contribution in [3.63, 3.8) is 0 Å². The number of hydrogen-bond acceptors (Lipinski definition) is 4. The summed E-state index contributed by atoms with van der Waals surface area (Å²) >= 11 is 5.91. The Bertz CT molecular complexity index is 836. The molecule has 3 aromatic rings. The van der Waals surface area contributed by atoms with Gasteiger partial charge in [-0.25, -0.2) is 9.78 Å². The lowest BCUT2D eigenvalue weighted by Crippen LogP contribution is -2.04. The van der Waals surface area contributed by atoms with Gasteiger partial charge in [-0.3, -0.25) is 0 Å². The van der Waals surface area contributed by atoms with Crippen LogP contribution in [0.2, 0.25) is 5.28 Å². The zero-order chi connectivity index (χ0) is 14.8. The molecule has 0 atom stereocenters. The monoisotopic (exact) mass is 299 g/mol. The van der Waals surface area contributed by atoms with Gasteiger partial charge in [0.15, 0.2) is 0 Å². The van der Waals surface area contributed by atoms with Gasteiger partial charge in [0.05, 0.1) is 16.8 Å². The number of carbonyl (C=O) groups is 1. The molecule has 0 bridgehead atoms. The summed E-state index contributed by atoms with van der Waals surface area (Å²) in [6, 6.07) is 14.0. The zero-order valence-electron chi connectivity index (χ0n) is 10.7. The lowest BCUT2D eigenvalue weighted by atomic mass is 10.1. The van der Waals surface area contributed by atoms with E-state index in [0.29, 0.717) is 17.0 Å². The maximum atomic E-state index is 11.2. The molecule has 0 aliphatic rings. The first-order valence-corrected chi connectivity index (χ1v) is 6.54. The highest BCUT2D eigenvalue weighted by Crippen LogP contribution is 2.26. The van der Waals surface area contributed by atoms with Crippen LogP contribution >= 0.6 is 11.6 Å². The summed E-state index contributed by atoms with van der Waals surface area (Å²) in [7, 11) is 0. The van der Waals surface area contributed by atoms with E-state index < -0.39 is 5.97 Å². The maximum Gasteiger partial charge on any atom is 0.337 e. The highest BCUT2D eigenvalue weighted by molar-refractivity contribution is 6.28. The molecule has 0 aliphatic heterocycles. The summed E-state index contributed by atoms with van der Waals surface area (Å²) in [4.78, 5) is 19.5. The second-order valence-corrected chi connectivity index (χ2v) is 4.67. The standard InChI is InChI=1S/C15H10ClN3O2/c16-15-18-11-7-3-1-5-9(11)13(19-15)17-12-8-4-2-6-10(12)14(20)21/h1-8H,(H,20,21)(H,17,18,19). The van der Waals surface area contributed by atoms with Gasteiger partial charge >= 0.3 is 5.97 Å². The summed E-state index contributed by atoms with van der Waals surface area (Å²) in [5, 5.41) is 13.1. The minimum absolute atomic E-state index is 0.101. The van der Waals surface area contributed by atoms with Gasteiger partial charge in [0.1, 0.15) is 5.82 Å². The van der Waals surface area contributed by atoms with E-state index in [2.05, 4.69) is 15.3 Å². The summed E-state index contributed by atoms with van der Waals surface area (Å²) in [6.07, 6.45) is 0. The first-order chi connectivity index (χ1) is 10.1. The van der Waals surface area contributed by atoms with E-state index in [0.717, 1.165) is 5.39 Å². The van der Waals surface area contributed by atoms with E-state index in [1.807, 2.05) is 24.3 Å². The van der Waals surface area contributed by atoms with Crippen LogP contribution < -0.4 is 5.32 Å². The number of hydrogen-bond donors (Lipinski definition) is 2. The molecule has 0 spiro atoms. The lowest BCUT2D eigenvalue weighted by molar-refractivity contribution is 0.0698. The summed E-state index contributed by atoms with van der Waals surface area (Å²) in [5.74, 6) is -0.540. The number of aromatic nitrogens is 2. The Kier molecular flexibility index (Phi) is 3.41. The average molecular weight is 300 g/mol. The number of nitrogens with zero attached hydrogens (tertiary/aromatic N) is 2. The third-order valence-electron chi connectivity index (χ3n) is 2.99. The fourth-order valence-electron chi connectivity index (χ4n) is 2.05. The Morgan fingerprint density at radius 3 is 2.57 bits per heavy atom. The van der Waals surface area contributed by atoms with Crippen molar-refractivity contribution in [2.45, 2.75) is 0 Å². The van der Waals surface area contributed by atoms with Crippen molar-refractivity contribution < 1.29 is 9.90 Å². The Labute approximate surface area is 125 Å². The number of carboxylic acids is 1. The van der Waals surface area contributed by atoms with E-state index in [-0.39, 0.29) is 10.8 Å². The number of rotatable bonds is 3. The van der Waals surface area contributed by atoms with Crippen LogP contribution in [-0.4, -0.2) is 21.0 Å². The van der Waals surface area contributed by atoms with Crippen molar-refractivity contribution in [3.8, 4) is 0 Å². The van der Waals surface area contributed by atoms with Crippen molar-refractivity contribution in [1.29, 1.82) is 0 Å². The van der Waals surface area contributed by atoms with Gasteiger partial charge in [0.2, 0.25) is 5.28 Å². The molecule has 6 heteroatoms. The van der Waals surface area contributed by atoms with E-state index in [1.165, 1.54) is 6.07 Å². The molecule has 0 saturated carbocycles. The van der Waals surface area contributed by atoms with Crippen molar-refractivity contribution in [2.75, 3.05) is 5.32 Å². The van der Waals surface area contributed by atoms with E-state index >= 15 is 0 Å². The van der Waals surface area contributed by atoms with Crippen LogP contribution in [-0.2, 0) is 0 Å². The number of para-hydroxylation sites is 2. The first-order valence-electron chi connectivity index (χ1n) is 6.17. The topological polar surface area (TPSA) is 75.1 Å². The van der Waals surface area contributed by atoms with Crippen LogP contribution in [0, 0.1) is 0 Å². The molecule has 5 nitrogen and oxygen atoms in total. The van der Waals surface area contributed by atoms with Gasteiger partial charge < -0.3 is 10.4 Å². The number of nitrogens with one attached hydrogen (secondary N) is 1. The quantitative estimate of drug-likeness (QED) is 0.721. The molecule has 0 radical (unpaired) electrons. The van der Waals surface area contributed by atoms with Crippen molar-refractivity contribution in [2.24, 2.45) is 0 Å². The van der Waals surface area contributed by atoms with Crippen LogP contribution in [0.15, 0.2) is 48.5 Å². The zero-order valence-corrected chi connectivity index (χ0v) is 11.5. The second kappa shape index (κ2) is 5.38. The number of anilines is 2. The summed E-state index contributed by atoms with van der Waals surface area (Å²) in [6.45, 7) is 0. The van der Waals surface area contributed by atoms with Crippen LogP contribution in [0.5, 0.6) is 0 Å². The number of aromatic carboxylic acids is 1. The molecule has 2 N–H and O–H groups in total. The van der Waals surface area contributed by atoms with E-state index in [4.69, 9.17) is 11.6 Å². The van der Waals surface area contributed by atoms with Crippen LogP contribution in [0.4, 0.5) is 11.5 Å². The molecule has 21 heavy (non-hydrogen) atoms. The van der Waals surface area contributed by atoms with Gasteiger partial charge in [-0.15, -0.1) is 0 Å². The van der Waals surface area contributed by atoms with Crippen LogP contribution in [0.1, 0.15) is 10.4 Å². The minimum Gasteiger partial charge on any atom is -0.478 e. The largest absolute Gasteiger partial charge is 0.478 e. The Balaban J connectivity index is 2.13. The lowest BCUT2D eigenvalue weighted by Gasteiger charge is -2.11. The highest BCUT2D eigenvalue weighted by atomic mass is 35.5. The summed E-state index contributed by atoms with van der Waals surface area (Å²) < 4.78 is 0. The number of benzene rings is 2. The fraction of sp³-hybridized carbons (Fsp3) is 0. The third-order valence-corrected chi connectivity index (χ3v) is 3.16. The average Bonchev–Trinajstić information content (AvgIpc) is 2.47. The highest BCUT2D eigenvalue weighted by Gasteiger charge is 2.12. The number of carboxylic acid groups (broad SMARTS) is 1. The number of halogens is 1. The van der Waals surface area contributed by atoms with Gasteiger partial charge in [0.25, 0.3) is 0 Å². The molecular formula is C15H10ClN3O2. The second-order valence-electron chi connectivity index (χ2n) is 4.33. The Morgan fingerprint density at radius 1 is 1.05 bits per heavy atom. The predicted octanol–water partition coefficient (Wildman–Crippen LogP) is 3.73. The molecule has 3 rings (SSSR count). The van der Waals surface area contributed by atoms with Gasteiger partial charge in [-0.05, 0) is 35.9 Å². The Morgan fingerprint density at radius 2 is 1.76 bits per heavy atom. The minimum atomic E-state index is -1.01. The SMILES string of the molecule is O=C(O)c1ccccc1Nc1nc(Cl)nc2ccccc12. The van der Waals surface area contributed by atoms with Crippen molar-refractivity contribution in [1.82, 2.24) is 9.97 Å². The van der Waals surface area contributed by atoms with Crippen LogP contribution in [0.25, 0.3) is 10.9 Å². The molecular weight excluding hydrogens is 290 g/mol. The summed E-state index contributed by atoms with van der Waals surface area (Å²) in [5.41, 5.74) is 1.30. The molecule has 1 aromatic heterocycles. The fourth-order valence-corrected chi connectivity index (χ4v) is 2.23. The Hall–Kier alpha value is -2.66. The molecule has 0 amide bonds.